The number of hydrogen-bond acceptors (Lipinski definition) is 4. The van der Waals surface area contributed by atoms with Crippen molar-refractivity contribution in [2.45, 2.75) is 25.4 Å². The van der Waals surface area contributed by atoms with E-state index in [4.69, 9.17) is 10.00 Å². The number of quaternary nitrogens is 1. The minimum Gasteiger partial charge on any atom is -0.462 e. The van der Waals surface area contributed by atoms with E-state index in [1.807, 2.05) is 6.07 Å². The number of fused-ring (bicyclic) bond motifs is 3. The maximum atomic E-state index is 11.6. The molecule has 0 saturated carbocycles. The highest BCUT2D eigenvalue weighted by Gasteiger charge is 2.55. The highest BCUT2D eigenvalue weighted by molar-refractivity contribution is 5.70. The van der Waals surface area contributed by atoms with E-state index >= 15 is 0 Å². The van der Waals surface area contributed by atoms with Gasteiger partial charge in [0.15, 0.2) is 6.54 Å². The van der Waals surface area contributed by atoms with Crippen LogP contribution >= 0.6 is 0 Å². The zero-order chi connectivity index (χ0) is 12.5. The zero-order valence-corrected chi connectivity index (χ0v) is 10.2. The molecule has 2 bridgehead atoms. The van der Waals surface area contributed by atoms with Crippen molar-refractivity contribution in [2.24, 2.45) is 5.92 Å². The van der Waals surface area contributed by atoms with Crippen molar-refractivity contribution in [3.63, 3.8) is 0 Å². The van der Waals surface area contributed by atoms with Gasteiger partial charge in [-0.25, -0.2) is 4.79 Å². The predicted octanol–water partition coefficient (Wildman–Crippen LogP) is 0.0446. The fourth-order valence-electron chi connectivity index (χ4n) is 3.21. The van der Waals surface area contributed by atoms with Crippen molar-refractivity contribution in [1.29, 1.82) is 5.26 Å². The molecule has 0 aromatic heterocycles. The number of hydrogen-bond donors (Lipinski definition) is 1. The summed E-state index contributed by atoms with van der Waals surface area (Å²) in [4.78, 5) is 11.6. The van der Waals surface area contributed by atoms with Gasteiger partial charge in [-0.15, -0.1) is 0 Å². The lowest BCUT2D eigenvalue weighted by atomic mass is 9.74. The van der Waals surface area contributed by atoms with Gasteiger partial charge in [-0.3, -0.25) is 0 Å². The molecule has 0 radical (unpaired) electrons. The van der Waals surface area contributed by atoms with E-state index in [0.717, 1.165) is 25.9 Å². The van der Waals surface area contributed by atoms with E-state index < -0.39 is 5.60 Å². The van der Waals surface area contributed by atoms with Gasteiger partial charge in [0.25, 0.3) is 0 Å². The van der Waals surface area contributed by atoms with Crippen LogP contribution in [0.1, 0.15) is 19.8 Å². The lowest BCUT2D eigenvalue weighted by molar-refractivity contribution is -0.942. The van der Waals surface area contributed by atoms with Crippen molar-refractivity contribution >= 4 is 5.97 Å². The maximum Gasteiger partial charge on any atom is 0.361 e. The minimum absolute atomic E-state index is 0.0784. The Morgan fingerprint density at radius 1 is 1.59 bits per heavy atom. The number of piperidine rings is 3. The lowest BCUT2D eigenvalue weighted by Gasteiger charge is -2.53. The van der Waals surface area contributed by atoms with Gasteiger partial charge in [0.1, 0.15) is 12.6 Å². The molecule has 3 heterocycles. The minimum atomic E-state index is -1.25. The van der Waals surface area contributed by atoms with Crippen molar-refractivity contribution in [1.82, 2.24) is 0 Å². The smallest absolute Gasteiger partial charge is 0.361 e. The van der Waals surface area contributed by atoms with E-state index in [-0.39, 0.29) is 18.4 Å². The fraction of sp³-hybridized carbons (Fsp3) is 0.833. The molecule has 3 saturated heterocycles. The molecule has 17 heavy (non-hydrogen) atoms. The Bertz CT molecular complexity index is 355. The van der Waals surface area contributed by atoms with Crippen LogP contribution in [0.25, 0.3) is 0 Å². The van der Waals surface area contributed by atoms with Gasteiger partial charge >= 0.3 is 5.97 Å². The molecule has 0 amide bonds. The number of nitrogens with zero attached hydrogens (tertiary/aromatic N) is 2. The van der Waals surface area contributed by atoms with Crippen LogP contribution in [0.2, 0.25) is 0 Å². The average molecular weight is 239 g/mol. The molecule has 0 spiro atoms. The van der Waals surface area contributed by atoms with Gasteiger partial charge in [0.05, 0.1) is 19.7 Å². The van der Waals surface area contributed by atoms with Gasteiger partial charge in [0.2, 0.25) is 5.60 Å². The van der Waals surface area contributed by atoms with Crippen LogP contribution in [-0.2, 0) is 9.53 Å². The van der Waals surface area contributed by atoms with Crippen molar-refractivity contribution in [3.8, 4) is 6.07 Å². The second kappa shape index (κ2) is 4.28. The Labute approximate surface area is 101 Å². The molecule has 0 aliphatic carbocycles. The molecule has 0 unspecified atom stereocenters. The highest BCUT2D eigenvalue weighted by Crippen LogP contribution is 2.39. The summed E-state index contributed by atoms with van der Waals surface area (Å²) < 4.78 is 5.48. The molecule has 0 aromatic carbocycles. The summed E-state index contributed by atoms with van der Waals surface area (Å²) >= 11 is 0. The number of rotatable bonds is 3. The molecule has 3 fully saturated rings. The number of esters is 1. The van der Waals surface area contributed by atoms with Crippen LogP contribution < -0.4 is 0 Å². The molecular formula is C12H19N2O3+. The predicted molar refractivity (Wildman–Crippen MR) is 59.6 cm³/mol. The molecular weight excluding hydrogens is 220 g/mol. The number of nitriles is 1. The van der Waals surface area contributed by atoms with Gasteiger partial charge in [-0.2, -0.15) is 5.26 Å². The monoisotopic (exact) mass is 239 g/mol. The molecule has 3 rings (SSSR count). The molecule has 3 aliphatic heterocycles. The second-order valence-corrected chi connectivity index (χ2v) is 5.22. The van der Waals surface area contributed by atoms with Crippen LogP contribution in [0.3, 0.4) is 0 Å². The Hall–Kier alpha value is -1.12. The van der Waals surface area contributed by atoms with Gasteiger partial charge in [-0.05, 0) is 6.92 Å². The third-order valence-corrected chi connectivity index (χ3v) is 4.12. The van der Waals surface area contributed by atoms with Crippen LogP contribution in [-0.4, -0.2) is 53.9 Å². The van der Waals surface area contributed by atoms with Crippen LogP contribution in [0.5, 0.6) is 0 Å². The Morgan fingerprint density at radius 2 is 2.24 bits per heavy atom. The molecule has 1 N–H and O–H groups in total. The Balaban J connectivity index is 2.10. The van der Waals surface area contributed by atoms with Crippen molar-refractivity contribution < 1.29 is 19.1 Å². The number of ether oxygens (including phenoxy) is 1. The normalized spacial score (nSPS) is 39.7. The molecule has 1 atom stereocenters. The quantitative estimate of drug-likeness (QED) is 0.429. The molecule has 0 aromatic rings. The fourth-order valence-corrected chi connectivity index (χ4v) is 3.21. The average Bonchev–Trinajstić information content (AvgIpc) is 2.29. The summed E-state index contributed by atoms with van der Waals surface area (Å²) in [6.45, 7) is 4.55. The summed E-state index contributed by atoms with van der Waals surface area (Å²) in [5.74, 6) is -0.150. The third-order valence-electron chi connectivity index (χ3n) is 4.12. The van der Waals surface area contributed by atoms with Crippen LogP contribution in [0.15, 0.2) is 0 Å². The van der Waals surface area contributed by atoms with Crippen LogP contribution in [0, 0.1) is 17.2 Å². The van der Waals surface area contributed by atoms with Gasteiger partial charge in [0, 0.05) is 18.8 Å². The first-order valence-corrected chi connectivity index (χ1v) is 6.18. The van der Waals surface area contributed by atoms with Crippen LogP contribution in [0.4, 0.5) is 0 Å². The first-order valence-electron chi connectivity index (χ1n) is 6.18. The van der Waals surface area contributed by atoms with Crippen molar-refractivity contribution in [2.75, 3.05) is 32.8 Å². The summed E-state index contributed by atoms with van der Waals surface area (Å²) in [6, 6.07) is 2.03. The summed E-state index contributed by atoms with van der Waals surface area (Å²) in [6.07, 6.45) is 1.65. The summed E-state index contributed by atoms with van der Waals surface area (Å²) in [7, 11) is 0. The van der Waals surface area contributed by atoms with E-state index in [2.05, 4.69) is 0 Å². The Morgan fingerprint density at radius 3 is 2.76 bits per heavy atom. The van der Waals surface area contributed by atoms with Crippen molar-refractivity contribution in [3.05, 3.63) is 0 Å². The molecule has 5 heteroatoms. The number of carbonyl (C=O) groups is 1. The summed E-state index contributed by atoms with van der Waals surface area (Å²) in [5, 5.41) is 19.3. The SMILES string of the molecule is CCOC(=O)C[N+]12CCC(CC1)[C@@](O)(C#N)C2. The van der Waals surface area contributed by atoms with E-state index in [1.54, 1.807) is 6.92 Å². The van der Waals surface area contributed by atoms with E-state index in [1.165, 1.54) is 0 Å². The standard InChI is InChI=1S/C12H19N2O3/c1-2-17-11(15)7-14-5-3-10(4-6-14)12(16,8-13)9-14/h10,16H,2-7,9H2,1H3/q+1/t10?,12-,14?/m1/s1. The maximum absolute atomic E-state index is 11.6. The van der Waals surface area contributed by atoms with Gasteiger partial charge < -0.3 is 14.3 Å². The highest BCUT2D eigenvalue weighted by atomic mass is 16.5. The summed E-state index contributed by atoms with van der Waals surface area (Å²) in [5.41, 5.74) is -1.25. The van der Waals surface area contributed by atoms with E-state index in [9.17, 15) is 9.90 Å². The number of carbonyl (C=O) groups excluding carboxylic acids is 1. The molecule has 5 nitrogen and oxygen atoms in total. The Kier molecular flexibility index (Phi) is 3.11. The van der Waals surface area contributed by atoms with E-state index in [0.29, 0.717) is 17.6 Å². The first kappa shape index (κ1) is 12.3. The van der Waals surface area contributed by atoms with Gasteiger partial charge in [-0.1, -0.05) is 0 Å². The first-order chi connectivity index (χ1) is 8.03. The second-order valence-electron chi connectivity index (χ2n) is 5.22. The lowest BCUT2D eigenvalue weighted by Crippen LogP contribution is -2.69. The largest absolute Gasteiger partial charge is 0.462 e. The zero-order valence-electron chi connectivity index (χ0n) is 10.2. The molecule has 94 valence electrons. The molecule has 3 aliphatic rings. The topological polar surface area (TPSA) is 70.3 Å². The number of aliphatic hydroxyl groups is 1. The third kappa shape index (κ3) is 2.15.